The molecule has 0 saturated heterocycles. The van der Waals surface area contributed by atoms with Gasteiger partial charge < -0.3 is 10.6 Å². The Bertz CT molecular complexity index is 440. The van der Waals surface area contributed by atoms with E-state index < -0.39 is 0 Å². The molecule has 2 saturated carbocycles. The molecule has 0 amide bonds. The maximum Gasteiger partial charge on any atom is 0.191 e. The van der Waals surface area contributed by atoms with E-state index in [1.807, 2.05) is 7.05 Å². The van der Waals surface area contributed by atoms with Gasteiger partial charge >= 0.3 is 0 Å². The van der Waals surface area contributed by atoms with Crippen molar-refractivity contribution >= 4 is 29.9 Å². The molecule has 0 spiro atoms. The summed E-state index contributed by atoms with van der Waals surface area (Å²) < 4.78 is 0. The molecule has 110 valence electrons. The van der Waals surface area contributed by atoms with Gasteiger partial charge in [-0.1, -0.05) is 43.2 Å². The van der Waals surface area contributed by atoms with E-state index in [9.17, 15) is 0 Å². The lowest BCUT2D eigenvalue weighted by Crippen LogP contribution is -2.43. The molecule has 0 radical (unpaired) electrons. The molecule has 2 atom stereocenters. The van der Waals surface area contributed by atoms with Crippen molar-refractivity contribution in [3.05, 3.63) is 35.9 Å². The fourth-order valence-electron chi connectivity index (χ4n) is 3.03. The van der Waals surface area contributed by atoms with Crippen LogP contribution >= 0.6 is 24.0 Å². The summed E-state index contributed by atoms with van der Waals surface area (Å²) in [5, 5.41) is 7.10. The van der Waals surface area contributed by atoms with Crippen LogP contribution in [-0.2, 0) is 0 Å². The van der Waals surface area contributed by atoms with Crippen LogP contribution in [0.2, 0.25) is 0 Å². The van der Waals surface area contributed by atoms with Gasteiger partial charge in [0.05, 0.1) is 0 Å². The predicted octanol–water partition coefficient (Wildman–Crippen LogP) is 3.27. The van der Waals surface area contributed by atoms with Crippen LogP contribution in [0.5, 0.6) is 0 Å². The maximum atomic E-state index is 4.35. The number of nitrogens with one attached hydrogen (secondary N) is 2. The number of benzene rings is 1. The molecule has 0 aromatic heterocycles. The molecule has 1 aromatic carbocycles. The predicted molar refractivity (Wildman–Crippen MR) is 94.9 cm³/mol. The van der Waals surface area contributed by atoms with E-state index >= 15 is 0 Å². The Morgan fingerprint density at radius 3 is 2.45 bits per heavy atom. The number of guanidine groups is 1. The molecule has 2 aliphatic carbocycles. The van der Waals surface area contributed by atoms with Crippen LogP contribution in [0.25, 0.3) is 0 Å². The maximum absolute atomic E-state index is 4.35. The van der Waals surface area contributed by atoms with Crippen molar-refractivity contribution in [1.82, 2.24) is 10.6 Å². The van der Waals surface area contributed by atoms with Crippen LogP contribution in [0.15, 0.2) is 35.3 Å². The first-order chi connectivity index (χ1) is 9.36. The Labute approximate surface area is 138 Å². The number of rotatable bonds is 3. The second kappa shape index (κ2) is 7.29. The second-order valence-electron chi connectivity index (χ2n) is 5.70. The topological polar surface area (TPSA) is 36.4 Å². The smallest absolute Gasteiger partial charge is 0.191 e. The van der Waals surface area contributed by atoms with Gasteiger partial charge in [0.25, 0.3) is 0 Å². The van der Waals surface area contributed by atoms with Crippen molar-refractivity contribution < 1.29 is 0 Å². The molecule has 1 aromatic rings. The lowest BCUT2D eigenvalue weighted by molar-refractivity contribution is 0.612. The summed E-state index contributed by atoms with van der Waals surface area (Å²) in [6.07, 6.45) is 6.49. The van der Waals surface area contributed by atoms with Gasteiger partial charge in [0.1, 0.15) is 0 Å². The average molecular weight is 385 g/mol. The van der Waals surface area contributed by atoms with Gasteiger partial charge in [-0.2, -0.15) is 0 Å². The molecule has 2 N–H and O–H groups in total. The minimum atomic E-state index is 0. The first-order valence-electron chi connectivity index (χ1n) is 7.41. The molecule has 4 heteroatoms. The molecule has 3 nitrogen and oxygen atoms in total. The van der Waals surface area contributed by atoms with E-state index in [1.165, 1.54) is 37.7 Å². The zero-order chi connectivity index (χ0) is 13.1. The number of hydrogen-bond acceptors (Lipinski definition) is 1. The monoisotopic (exact) mass is 385 g/mol. The molecule has 20 heavy (non-hydrogen) atoms. The zero-order valence-corrected chi connectivity index (χ0v) is 14.3. The quantitative estimate of drug-likeness (QED) is 0.476. The molecular formula is C16H24IN3. The zero-order valence-electron chi connectivity index (χ0n) is 12.0. The fourth-order valence-corrected chi connectivity index (χ4v) is 3.03. The third-order valence-electron chi connectivity index (χ3n) is 4.26. The minimum Gasteiger partial charge on any atom is -0.354 e. The van der Waals surface area contributed by atoms with Crippen molar-refractivity contribution in [1.29, 1.82) is 0 Å². The van der Waals surface area contributed by atoms with Crippen LogP contribution in [0.4, 0.5) is 0 Å². The third-order valence-corrected chi connectivity index (χ3v) is 4.26. The van der Waals surface area contributed by atoms with Gasteiger partial charge in [-0.05, 0) is 24.8 Å². The summed E-state index contributed by atoms with van der Waals surface area (Å²) in [5.41, 5.74) is 1.44. The molecule has 0 aliphatic heterocycles. The summed E-state index contributed by atoms with van der Waals surface area (Å²) in [5.74, 6) is 1.64. The molecule has 3 rings (SSSR count). The molecule has 0 bridgehead atoms. The Kier molecular flexibility index (Phi) is 5.69. The largest absolute Gasteiger partial charge is 0.354 e. The van der Waals surface area contributed by atoms with E-state index in [2.05, 4.69) is 46.0 Å². The van der Waals surface area contributed by atoms with E-state index in [0.717, 1.165) is 5.96 Å². The van der Waals surface area contributed by atoms with Crippen LogP contribution < -0.4 is 10.6 Å². The molecule has 0 heterocycles. The lowest BCUT2D eigenvalue weighted by Gasteiger charge is -2.16. The summed E-state index contributed by atoms with van der Waals surface area (Å²) in [6, 6.07) is 11.9. The summed E-state index contributed by atoms with van der Waals surface area (Å²) in [7, 11) is 1.87. The van der Waals surface area contributed by atoms with Crippen LogP contribution in [0, 0.1) is 0 Å². The molecule has 2 aliphatic rings. The Morgan fingerprint density at radius 1 is 1.10 bits per heavy atom. The van der Waals surface area contributed by atoms with E-state index in [1.54, 1.807) is 0 Å². The van der Waals surface area contributed by atoms with Crippen molar-refractivity contribution in [2.24, 2.45) is 4.99 Å². The highest BCUT2D eigenvalue weighted by molar-refractivity contribution is 14.0. The van der Waals surface area contributed by atoms with Crippen LogP contribution in [0.3, 0.4) is 0 Å². The normalized spacial score (nSPS) is 25.9. The van der Waals surface area contributed by atoms with E-state index in [-0.39, 0.29) is 24.0 Å². The SMILES string of the molecule is CN=C(NC1CCCC1)NC1CC1c1ccccc1.I. The van der Waals surface area contributed by atoms with Gasteiger partial charge in [0.2, 0.25) is 0 Å². The number of hydrogen-bond donors (Lipinski definition) is 2. The van der Waals surface area contributed by atoms with Crippen molar-refractivity contribution in [2.45, 2.75) is 50.1 Å². The first-order valence-corrected chi connectivity index (χ1v) is 7.41. The van der Waals surface area contributed by atoms with E-state index in [4.69, 9.17) is 0 Å². The highest BCUT2D eigenvalue weighted by Crippen LogP contribution is 2.40. The standard InChI is InChI=1S/C16H23N3.HI/c1-17-16(18-13-9-5-6-10-13)19-15-11-14(15)12-7-3-2-4-8-12;/h2-4,7-8,13-15H,5-6,9-11H2,1H3,(H2,17,18,19);1H. The molecule has 2 fully saturated rings. The summed E-state index contributed by atoms with van der Waals surface area (Å²) in [4.78, 5) is 4.35. The molecular weight excluding hydrogens is 361 g/mol. The van der Waals surface area contributed by atoms with Crippen LogP contribution in [0.1, 0.15) is 43.6 Å². The summed E-state index contributed by atoms with van der Waals surface area (Å²) >= 11 is 0. The second-order valence-corrected chi connectivity index (χ2v) is 5.70. The third kappa shape index (κ3) is 3.87. The Balaban J connectivity index is 0.00000147. The van der Waals surface area contributed by atoms with Gasteiger partial charge in [0, 0.05) is 25.0 Å². The lowest BCUT2D eigenvalue weighted by atomic mass is 10.1. The van der Waals surface area contributed by atoms with Crippen molar-refractivity contribution in [2.75, 3.05) is 7.05 Å². The Hall–Kier alpha value is -0.780. The average Bonchev–Trinajstić information content (AvgIpc) is 3.03. The van der Waals surface area contributed by atoms with E-state index in [0.29, 0.717) is 18.0 Å². The summed E-state index contributed by atoms with van der Waals surface area (Å²) in [6.45, 7) is 0. The van der Waals surface area contributed by atoms with Gasteiger partial charge in [-0.15, -0.1) is 24.0 Å². The highest BCUT2D eigenvalue weighted by Gasteiger charge is 2.39. The van der Waals surface area contributed by atoms with Gasteiger partial charge in [-0.25, -0.2) is 0 Å². The Morgan fingerprint density at radius 2 is 1.80 bits per heavy atom. The number of aliphatic imine (C=N–C) groups is 1. The number of nitrogens with zero attached hydrogens (tertiary/aromatic N) is 1. The van der Waals surface area contributed by atoms with Crippen LogP contribution in [-0.4, -0.2) is 25.1 Å². The fraction of sp³-hybridized carbons (Fsp3) is 0.562. The number of halogens is 1. The van der Waals surface area contributed by atoms with Gasteiger partial charge in [0.15, 0.2) is 5.96 Å². The minimum absolute atomic E-state index is 0. The van der Waals surface area contributed by atoms with Gasteiger partial charge in [-0.3, -0.25) is 4.99 Å². The van der Waals surface area contributed by atoms with Crippen molar-refractivity contribution in [3.8, 4) is 0 Å². The highest BCUT2D eigenvalue weighted by atomic mass is 127. The molecule has 2 unspecified atom stereocenters. The van der Waals surface area contributed by atoms with Crippen molar-refractivity contribution in [3.63, 3.8) is 0 Å². The first kappa shape index (κ1) is 15.6.